The number of benzene rings is 2. The molecule has 3 heterocycles. The highest BCUT2D eigenvalue weighted by atomic mass is 35.5. The lowest BCUT2D eigenvalue weighted by Gasteiger charge is -2.35. The second-order valence-electron chi connectivity index (χ2n) is 8.93. The van der Waals surface area contributed by atoms with Gasteiger partial charge in [0.25, 0.3) is 5.91 Å². The van der Waals surface area contributed by atoms with E-state index in [1.807, 2.05) is 55.5 Å². The number of fused-ring (bicyclic) bond motifs is 1. The molecule has 192 valence electrons. The van der Waals surface area contributed by atoms with E-state index in [0.29, 0.717) is 32.2 Å². The summed E-state index contributed by atoms with van der Waals surface area (Å²) in [6.07, 6.45) is 2.49. The third-order valence-corrected chi connectivity index (χ3v) is 7.24. The normalized spacial score (nSPS) is 15.1. The summed E-state index contributed by atoms with van der Waals surface area (Å²) in [5, 5.41) is 8.91. The van der Waals surface area contributed by atoms with Gasteiger partial charge in [-0.3, -0.25) is 9.78 Å². The quantitative estimate of drug-likeness (QED) is 0.343. The summed E-state index contributed by atoms with van der Waals surface area (Å²) >= 11 is 12.6. The first-order valence-corrected chi connectivity index (χ1v) is 13.0. The lowest BCUT2D eigenvalue weighted by atomic mass is 10.2. The number of carbonyl (C=O) groups excluding carboxylic acids is 1. The Bertz CT molecular complexity index is 1380. The molecule has 0 radical (unpaired) electrons. The van der Waals surface area contributed by atoms with E-state index < -0.39 is 6.10 Å². The highest BCUT2D eigenvalue weighted by Gasteiger charge is 2.22. The van der Waals surface area contributed by atoms with Gasteiger partial charge in [0.1, 0.15) is 5.52 Å². The molecule has 1 aliphatic rings. The number of aromatic nitrogens is 3. The zero-order valence-corrected chi connectivity index (χ0v) is 22.2. The van der Waals surface area contributed by atoms with Gasteiger partial charge < -0.3 is 20.0 Å². The van der Waals surface area contributed by atoms with E-state index in [4.69, 9.17) is 28.0 Å². The number of para-hydroxylation sites is 1. The summed E-state index contributed by atoms with van der Waals surface area (Å²) in [6, 6.07) is 15.3. The van der Waals surface area contributed by atoms with Crippen molar-refractivity contribution in [1.29, 1.82) is 0 Å². The maximum absolute atomic E-state index is 13.3. The topological polar surface area (TPSA) is 75.5 Å². The highest BCUT2D eigenvalue weighted by Crippen LogP contribution is 2.31. The summed E-state index contributed by atoms with van der Waals surface area (Å²) in [5.41, 5.74) is 3.36. The van der Waals surface area contributed by atoms with Crippen LogP contribution in [0, 0.1) is 0 Å². The highest BCUT2D eigenvalue weighted by molar-refractivity contribution is 6.35. The Kier molecular flexibility index (Phi) is 7.50. The van der Waals surface area contributed by atoms with E-state index >= 15 is 0 Å². The number of nitrogens with one attached hydrogen (secondary N) is 1. The minimum atomic E-state index is -0.533. The minimum absolute atomic E-state index is 0.259. The molecule has 1 atom stereocenters. The van der Waals surface area contributed by atoms with E-state index in [1.54, 1.807) is 0 Å². The van der Waals surface area contributed by atoms with Crippen molar-refractivity contribution < 1.29 is 9.63 Å². The summed E-state index contributed by atoms with van der Waals surface area (Å²) < 4.78 is 0. The fraction of sp³-hybridized carbons (Fsp3) is 0.296. The average Bonchev–Trinajstić information content (AvgIpc) is 3.27. The summed E-state index contributed by atoms with van der Waals surface area (Å²) in [6.45, 7) is 9.20. The molecule has 2 aromatic carbocycles. The Labute approximate surface area is 225 Å². The van der Waals surface area contributed by atoms with Gasteiger partial charge in [-0.15, -0.1) is 5.10 Å². The van der Waals surface area contributed by atoms with Gasteiger partial charge in [-0.1, -0.05) is 53.2 Å². The number of halogens is 2. The molecular weight excluding hydrogens is 511 g/mol. The molecule has 10 heteroatoms. The first-order valence-electron chi connectivity index (χ1n) is 12.3. The second kappa shape index (κ2) is 11.0. The van der Waals surface area contributed by atoms with Crippen LogP contribution < -0.4 is 15.1 Å². The Morgan fingerprint density at radius 3 is 2.38 bits per heavy atom. The van der Waals surface area contributed by atoms with Crippen molar-refractivity contribution in [1.82, 2.24) is 19.8 Å². The number of piperazine rings is 1. The number of carbonyl (C=O) groups is 1. The Morgan fingerprint density at radius 2 is 1.70 bits per heavy atom. The van der Waals surface area contributed by atoms with Crippen LogP contribution in [0.1, 0.15) is 36.0 Å². The van der Waals surface area contributed by atoms with Gasteiger partial charge in [-0.25, -0.2) is 0 Å². The molecule has 37 heavy (non-hydrogen) atoms. The van der Waals surface area contributed by atoms with Gasteiger partial charge in [0.15, 0.2) is 11.8 Å². The first-order chi connectivity index (χ1) is 17.9. The Hall–Kier alpha value is -3.33. The van der Waals surface area contributed by atoms with Gasteiger partial charge in [-0.05, 0) is 43.8 Å². The van der Waals surface area contributed by atoms with Gasteiger partial charge in [0.2, 0.25) is 0 Å². The number of hydrogen-bond acceptors (Lipinski definition) is 6. The van der Waals surface area contributed by atoms with Crippen LogP contribution in [0.3, 0.4) is 0 Å². The monoisotopic (exact) mass is 538 g/mol. The van der Waals surface area contributed by atoms with Crippen molar-refractivity contribution in [2.45, 2.75) is 20.0 Å². The lowest BCUT2D eigenvalue weighted by molar-refractivity contribution is 0.0321. The van der Waals surface area contributed by atoms with Crippen LogP contribution >= 0.6 is 23.2 Å². The number of nitrogens with zero attached hydrogens (tertiary/aromatic N) is 5. The SMILES string of the molecule is CCN1CCN(c2ccc(NC(=O)c3nn(OC(C)c4c(Cl)cncc4Cl)c4ccccc34)cc2)CC1. The zero-order valence-electron chi connectivity index (χ0n) is 20.7. The second-order valence-corrected chi connectivity index (χ2v) is 9.74. The smallest absolute Gasteiger partial charge is 0.276 e. The van der Waals surface area contributed by atoms with Gasteiger partial charge in [0, 0.05) is 60.9 Å². The number of hydrogen-bond donors (Lipinski definition) is 1. The van der Waals surface area contributed by atoms with Crippen LogP contribution in [0.25, 0.3) is 10.9 Å². The minimum Gasteiger partial charge on any atom is -0.388 e. The van der Waals surface area contributed by atoms with E-state index in [2.05, 4.69) is 32.1 Å². The molecule has 0 aliphatic carbocycles. The number of rotatable bonds is 7. The van der Waals surface area contributed by atoms with Crippen LogP contribution in [-0.2, 0) is 0 Å². The molecular formula is C27H28Cl2N6O2. The molecule has 0 bridgehead atoms. The lowest BCUT2D eigenvalue weighted by Crippen LogP contribution is -2.46. The fourth-order valence-electron chi connectivity index (χ4n) is 4.57. The molecule has 1 unspecified atom stereocenters. The molecule has 0 spiro atoms. The zero-order chi connectivity index (χ0) is 25.9. The van der Waals surface area contributed by atoms with E-state index in [-0.39, 0.29) is 11.6 Å². The average molecular weight is 539 g/mol. The van der Waals surface area contributed by atoms with E-state index in [1.165, 1.54) is 17.2 Å². The molecule has 1 amide bonds. The van der Waals surface area contributed by atoms with Gasteiger partial charge in [0.05, 0.1) is 10.0 Å². The molecule has 1 fully saturated rings. The maximum Gasteiger partial charge on any atom is 0.276 e. The molecule has 4 aromatic rings. The molecule has 5 rings (SSSR count). The summed E-state index contributed by atoms with van der Waals surface area (Å²) in [7, 11) is 0. The van der Waals surface area contributed by atoms with Crippen molar-refractivity contribution in [3.05, 3.63) is 82.2 Å². The summed E-state index contributed by atoms with van der Waals surface area (Å²) in [5.74, 6) is -0.324. The first kappa shape index (κ1) is 25.3. The third kappa shape index (κ3) is 5.37. The van der Waals surface area contributed by atoms with E-state index in [9.17, 15) is 4.79 Å². The number of pyridine rings is 1. The predicted octanol–water partition coefficient (Wildman–Crippen LogP) is 5.32. The predicted molar refractivity (Wildman–Crippen MR) is 148 cm³/mol. The number of anilines is 2. The number of amides is 1. The molecule has 8 nitrogen and oxygen atoms in total. The van der Waals surface area contributed by atoms with Gasteiger partial charge in [-0.2, -0.15) is 0 Å². The van der Waals surface area contributed by atoms with Gasteiger partial charge >= 0.3 is 0 Å². The largest absolute Gasteiger partial charge is 0.388 e. The van der Waals surface area contributed by atoms with E-state index in [0.717, 1.165) is 38.4 Å². The molecule has 0 saturated carbocycles. The molecule has 1 saturated heterocycles. The molecule has 1 aliphatic heterocycles. The molecule has 2 aromatic heterocycles. The summed E-state index contributed by atoms with van der Waals surface area (Å²) in [4.78, 5) is 29.5. The van der Waals surface area contributed by atoms with Crippen molar-refractivity contribution in [2.24, 2.45) is 0 Å². The molecule has 1 N–H and O–H groups in total. The van der Waals surface area contributed by atoms with Crippen LogP contribution in [0.5, 0.6) is 0 Å². The van der Waals surface area contributed by atoms with Crippen molar-refractivity contribution in [2.75, 3.05) is 42.9 Å². The Morgan fingerprint density at radius 1 is 1.03 bits per heavy atom. The Balaban J connectivity index is 1.33. The van der Waals surface area contributed by atoms with Crippen LogP contribution in [0.4, 0.5) is 11.4 Å². The van der Waals surface area contributed by atoms with Crippen LogP contribution in [0.15, 0.2) is 60.9 Å². The van der Waals surface area contributed by atoms with Crippen molar-refractivity contribution >= 4 is 51.4 Å². The fourth-order valence-corrected chi connectivity index (χ4v) is 5.24. The third-order valence-electron chi connectivity index (χ3n) is 6.64. The maximum atomic E-state index is 13.3. The van der Waals surface area contributed by atoms with Crippen LogP contribution in [-0.4, -0.2) is 58.5 Å². The van der Waals surface area contributed by atoms with Crippen LogP contribution in [0.2, 0.25) is 10.0 Å². The van der Waals surface area contributed by atoms with Crippen molar-refractivity contribution in [3.8, 4) is 0 Å². The van der Waals surface area contributed by atoms with Crippen molar-refractivity contribution in [3.63, 3.8) is 0 Å². The number of likely N-dealkylation sites (N-methyl/N-ethyl adjacent to an activating group) is 1. The standard InChI is InChI=1S/C27H28Cl2N6O2/c1-3-33-12-14-34(15-13-33)20-10-8-19(9-11-20)31-27(36)26-21-6-4-5-7-24(21)35(32-26)37-18(2)25-22(28)16-30-17-23(25)29/h4-11,16-18H,3,12-15H2,1-2H3,(H,31,36).